The minimum absolute atomic E-state index is 0.191. The zero-order valence-electron chi connectivity index (χ0n) is 12.5. The number of fused-ring (bicyclic) bond motifs is 1. The molecule has 0 amide bonds. The van der Waals surface area contributed by atoms with Crippen molar-refractivity contribution in [3.05, 3.63) is 60.3 Å². The quantitative estimate of drug-likeness (QED) is 0.628. The number of benzene rings is 2. The number of halogens is 1. The molecule has 23 heavy (non-hydrogen) atoms. The number of nitrogens with zero attached hydrogens (tertiary/aromatic N) is 1. The molecular formula is C18H14FNO2S. The summed E-state index contributed by atoms with van der Waals surface area (Å²) >= 11 is 0.191. The predicted octanol–water partition coefficient (Wildman–Crippen LogP) is 5.06. The average Bonchev–Trinajstić information content (AvgIpc) is 2.61. The lowest BCUT2D eigenvalue weighted by molar-refractivity contribution is 0.0527. The Hall–Kier alpha value is -2.40. The Bertz CT molecular complexity index is 849. The molecule has 0 saturated heterocycles. The third-order valence-electron chi connectivity index (χ3n) is 3.50. The number of pyridine rings is 1. The summed E-state index contributed by atoms with van der Waals surface area (Å²) in [5.74, 6) is -0.412. The zero-order chi connectivity index (χ0) is 16.2. The molecule has 116 valence electrons. The van der Waals surface area contributed by atoms with Gasteiger partial charge in [0, 0.05) is 22.0 Å². The summed E-state index contributed by atoms with van der Waals surface area (Å²) < 4.78 is 17.8. The zero-order valence-corrected chi connectivity index (χ0v) is 13.3. The van der Waals surface area contributed by atoms with Gasteiger partial charge in [-0.2, -0.15) is 3.89 Å². The Morgan fingerprint density at radius 1 is 1.17 bits per heavy atom. The van der Waals surface area contributed by atoms with Gasteiger partial charge in [-0.25, -0.2) is 4.79 Å². The van der Waals surface area contributed by atoms with Gasteiger partial charge >= 0.3 is 5.97 Å². The molecule has 0 radical (unpaired) electrons. The van der Waals surface area contributed by atoms with Crippen molar-refractivity contribution in [3.63, 3.8) is 0 Å². The molecule has 0 aliphatic heterocycles. The maximum atomic E-state index is 12.7. The van der Waals surface area contributed by atoms with Gasteiger partial charge in [-0.15, -0.1) is 0 Å². The third-order valence-corrected chi connectivity index (χ3v) is 3.95. The number of rotatable bonds is 4. The van der Waals surface area contributed by atoms with E-state index in [-0.39, 0.29) is 12.1 Å². The molecule has 5 heteroatoms. The monoisotopic (exact) mass is 327 g/mol. The number of carbonyl (C=O) groups is 1. The van der Waals surface area contributed by atoms with E-state index in [1.54, 1.807) is 31.2 Å². The molecule has 3 aromatic rings. The second-order valence-corrected chi connectivity index (χ2v) is 5.51. The van der Waals surface area contributed by atoms with E-state index in [0.29, 0.717) is 17.1 Å². The van der Waals surface area contributed by atoms with Crippen molar-refractivity contribution in [3.8, 4) is 11.1 Å². The number of hydrogen-bond donors (Lipinski definition) is 0. The molecule has 2 aromatic carbocycles. The normalized spacial score (nSPS) is 10.7. The third kappa shape index (κ3) is 3.05. The Kier molecular flexibility index (Phi) is 4.57. The minimum Gasteiger partial charge on any atom is -0.462 e. The van der Waals surface area contributed by atoms with Crippen LogP contribution in [0.15, 0.2) is 59.6 Å². The predicted molar refractivity (Wildman–Crippen MR) is 90.1 cm³/mol. The molecule has 1 heterocycles. The van der Waals surface area contributed by atoms with E-state index >= 15 is 0 Å². The van der Waals surface area contributed by atoms with Gasteiger partial charge in [-0.05, 0) is 30.7 Å². The molecule has 0 fully saturated rings. The first-order chi connectivity index (χ1) is 11.2. The molecular weight excluding hydrogens is 313 g/mol. The molecule has 0 bridgehead atoms. The molecule has 0 aliphatic rings. The molecule has 0 saturated carbocycles. The van der Waals surface area contributed by atoms with E-state index in [0.717, 1.165) is 22.0 Å². The Balaban J connectivity index is 2.25. The number of esters is 1. The van der Waals surface area contributed by atoms with E-state index in [2.05, 4.69) is 4.98 Å². The van der Waals surface area contributed by atoms with Crippen LogP contribution < -0.4 is 0 Å². The molecule has 3 nitrogen and oxygen atoms in total. The summed E-state index contributed by atoms with van der Waals surface area (Å²) in [5.41, 5.74) is 2.78. The Labute approximate surface area is 137 Å². The summed E-state index contributed by atoms with van der Waals surface area (Å²) in [6.45, 7) is 2.06. The average molecular weight is 327 g/mol. The van der Waals surface area contributed by atoms with Gasteiger partial charge in [0.15, 0.2) is 0 Å². The van der Waals surface area contributed by atoms with E-state index in [9.17, 15) is 8.68 Å². The number of aromatic nitrogens is 1. The van der Waals surface area contributed by atoms with E-state index in [1.807, 2.05) is 24.3 Å². The lowest BCUT2D eigenvalue weighted by Gasteiger charge is -2.12. The highest BCUT2D eigenvalue weighted by Gasteiger charge is 2.17. The maximum Gasteiger partial charge on any atom is 0.340 e. The highest BCUT2D eigenvalue weighted by Crippen LogP contribution is 2.33. The lowest BCUT2D eigenvalue weighted by atomic mass is 9.96. The Morgan fingerprint density at radius 3 is 2.61 bits per heavy atom. The van der Waals surface area contributed by atoms with Gasteiger partial charge in [-0.3, -0.25) is 4.98 Å². The standard InChI is InChI=1S/C18H14FNO2S/c1-2-22-18(21)15-11-20-16-6-4-3-5-14(16)17(15)12-7-9-13(23-19)10-8-12/h3-11H,2H2,1H3. The second-order valence-electron chi connectivity index (χ2n) is 4.89. The summed E-state index contributed by atoms with van der Waals surface area (Å²) in [7, 11) is 0. The van der Waals surface area contributed by atoms with Crippen molar-refractivity contribution in [1.29, 1.82) is 0 Å². The summed E-state index contributed by atoms with van der Waals surface area (Å²) in [5, 5.41) is 0.860. The van der Waals surface area contributed by atoms with E-state index in [1.165, 1.54) is 6.20 Å². The van der Waals surface area contributed by atoms with Crippen LogP contribution in [0.1, 0.15) is 17.3 Å². The molecule has 3 rings (SSSR count). The first-order valence-electron chi connectivity index (χ1n) is 7.18. The number of para-hydroxylation sites is 1. The van der Waals surface area contributed by atoms with Crippen LogP contribution >= 0.6 is 12.1 Å². The lowest BCUT2D eigenvalue weighted by Crippen LogP contribution is -2.07. The van der Waals surface area contributed by atoms with Crippen LogP contribution in [0.4, 0.5) is 3.89 Å². The van der Waals surface area contributed by atoms with E-state index < -0.39 is 5.97 Å². The molecule has 0 atom stereocenters. The van der Waals surface area contributed by atoms with Gasteiger partial charge in [0.1, 0.15) is 0 Å². The second kappa shape index (κ2) is 6.79. The fraction of sp³-hybridized carbons (Fsp3) is 0.111. The molecule has 0 unspecified atom stereocenters. The van der Waals surface area contributed by atoms with Crippen molar-refractivity contribution in [1.82, 2.24) is 4.98 Å². The highest BCUT2D eigenvalue weighted by molar-refractivity contribution is 7.94. The number of ether oxygens (including phenoxy) is 1. The van der Waals surface area contributed by atoms with Crippen LogP contribution in [0.5, 0.6) is 0 Å². The van der Waals surface area contributed by atoms with Crippen LogP contribution in [0.3, 0.4) is 0 Å². The smallest absolute Gasteiger partial charge is 0.340 e. The number of carbonyl (C=O) groups excluding carboxylic acids is 1. The van der Waals surface area contributed by atoms with Gasteiger partial charge in [0.2, 0.25) is 0 Å². The van der Waals surface area contributed by atoms with E-state index in [4.69, 9.17) is 4.74 Å². The van der Waals surface area contributed by atoms with Crippen LogP contribution in [0, 0.1) is 0 Å². The largest absolute Gasteiger partial charge is 0.462 e. The van der Waals surface area contributed by atoms with Crippen molar-refractivity contribution >= 4 is 29.0 Å². The first-order valence-corrected chi connectivity index (χ1v) is 7.90. The van der Waals surface area contributed by atoms with Crippen LogP contribution in [0.2, 0.25) is 0 Å². The highest BCUT2D eigenvalue weighted by atomic mass is 32.2. The van der Waals surface area contributed by atoms with Gasteiger partial charge < -0.3 is 4.74 Å². The molecule has 0 N–H and O–H groups in total. The van der Waals surface area contributed by atoms with Gasteiger partial charge in [0.05, 0.1) is 29.8 Å². The SMILES string of the molecule is CCOC(=O)c1cnc2ccccc2c1-c1ccc(SF)cc1. The number of hydrogen-bond acceptors (Lipinski definition) is 4. The molecule has 0 aliphatic carbocycles. The maximum absolute atomic E-state index is 12.7. The Morgan fingerprint density at radius 2 is 1.91 bits per heavy atom. The fourth-order valence-electron chi connectivity index (χ4n) is 2.49. The van der Waals surface area contributed by atoms with Crippen LogP contribution in [0.25, 0.3) is 22.0 Å². The van der Waals surface area contributed by atoms with Crippen molar-refractivity contribution in [2.75, 3.05) is 6.61 Å². The van der Waals surface area contributed by atoms with Crippen molar-refractivity contribution in [2.24, 2.45) is 0 Å². The topological polar surface area (TPSA) is 39.2 Å². The summed E-state index contributed by atoms with van der Waals surface area (Å²) in [6, 6.07) is 14.6. The van der Waals surface area contributed by atoms with Crippen LogP contribution in [-0.4, -0.2) is 17.6 Å². The summed E-state index contributed by atoms with van der Waals surface area (Å²) in [6.07, 6.45) is 1.54. The van der Waals surface area contributed by atoms with Gasteiger partial charge in [-0.1, -0.05) is 30.3 Å². The molecule has 1 aromatic heterocycles. The summed E-state index contributed by atoms with van der Waals surface area (Å²) in [4.78, 5) is 17.1. The van der Waals surface area contributed by atoms with Crippen LogP contribution in [-0.2, 0) is 4.74 Å². The molecule has 0 spiro atoms. The first kappa shape index (κ1) is 15.5. The fourth-order valence-corrected chi connectivity index (χ4v) is 2.73. The van der Waals surface area contributed by atoms with Crippen molar-refractivity contribution < 1.29 is 13.4 Å². The van der Waals surface area contributed by atoms with Crippen molar-refractivity contribution in [2.45, 2.75) is 11.8 Å². The minimum atomic E-state index is -0.412. The van der Waals surface area contributed by atoms with Gasteiger partial charge in [0.25, 0.3) is 0 Å².